The highest BCUT2D eigenvalue weighted by molar-refractivity contribution is 5.87. The second-order valence-electron chi connectivity index (χ2n) is 10.1. The lowest BCUT2D eigenvalue weighted by atomic mass is 10.0. The third-order valence-electron chi connectivity index (χ3n) is 7.09. The zero-order valence-corrected chi connectivity index (χ0v) is 23.4. The normalized spacial score (nSPS) is 21.1. The van der Waals surface area contributed by atoms with E-state index in [0.29, 0.717) is 28.3 Å². The number of amides is 1. The number of carbonyl (C=O) groups excluding carboxylic acids is 1. The number of aromatic hydroxyl groups is 1. The fourth-order valence-electron chi connectivity index (χ4n) is 4.85. The molecule has 3 heterocycles. The van der Waals surface area contributed by atoms with Crippen molar-refractivity contribution in [3.05, 3.63) is 72.3 Å². The Morgan fingerprint density at radius 3 is 2.57 bits per heavy atom. The number of anilines is 1. The van der Waals surface area contributed by atoms with Crippen LogP contribution in [-0.4, -0.2) is 99.1 Å². The Bertz CT molecular complexity index is 1540. The van der Waals surface area contributed by atoms with Gasteiger partial charge >= 0.3 is 0 Å². The Balaban J connectivity index is 1.39. The Morgan fingerprint density at radius 2 is 1.90 bits per heavy atom. The van der Waals surface area contributed by atoms with Gasteiger partial charge in [-0.15, -0.1) is 0 Å². The Morgan fingerprint density at radius 1 is 1.17 bits per heavy atom. The van der Waals surface area contributed by atoms with Crippen LogP contribution in [-0.2, 0) is 16.0 Å². The van der Waals surface area contributed by atoms with Crippen LogP contribution in [0.15, 0.2) is 66.2 Å². The molecule has 1 saturated heterocycles. The van der Waals surface area contributed by atoms with Crippen molar-refractivity contribution in [1.82, 2.24) is 24.8 Å². The van der Waals surface area contributed by atoms with Crippen LogP contribution in [0.5, 0.6) is 11.5 Å². The number of phenolic OH excluding ortho intramolecular Hbond substituents is 1. The number of aliphatic imine (C=N–C) groups is 1. The molecule has 1 aliphatic heterocycles. The number of carbonyl (C=O) groups is 1. The number of benzene rings is 2. The van der Waals surface area contributed by atoms with Crippen LogP contribution in [0.2, 0.25) is 0 Å². The van der Waals surface area contributed by atoms with E-state index in [4.69, 9.17) is 9.47 Å². The van der Waals surface area contributed by atoms with E-state index in [-0.39, 0.29) is 12.2 Å². The van der Waals surface area contributed by atoms with Gasteiger partial charge in [0.25, 0.3) is 0 Å². The monoisotopic (exact) mass is 575 g/mol. The molecule has 0 saturated carbocycles. The summed E-state index contributed by atoms with van der Waals surface area (Å²) in [5.41, 5.74) is 2.51. The number of nitrogens with zero attached hydrogens (tertiary/aromatic N) is 6. The maximum Gasteiger partial charge on any atom is 0.245 e. The molecule has 2 aromatic carbocycles. The van der Waals surface area contributed by atoms with Crippen molar-refractivity contribution in [3.63, 3.8) is 0 Å². The largest absolute Gasteiger partial charge is 0.508 e. The smallest absolute Gasteiger partial charge is 0.245 e. The van der Waals surface area contributed by atoms with Crippen LogP contribution in [0, 0.1) is 0 Å². The van der Waals surface area contributed by atoms with Gasteiger partial charge in [0.05, 0.1) is 26.1 Å². The lowest BCUT2D eigenvalue weighted by Gasteiger charge is -2.23. The molecule has 1 fully saturated rings. The molecule has 0 bridgehead atoms. The SMILES string of the molecule is COc1ccc(CC(N=Cc2ccc(O)cc2)C(=O)NC2C(CO)OC(n3cnc4c(N(C)C)ncnc43)C2O)cc1. The van der Waals surface area contributed by atoms with E-state index in [1.807, 2.05) is 26.2 Å². The van der Waals surface area contributed by atoms with Crippen LogP contribution in [0.25, 0.3) is 11.2 Å². The number of fused-ring (bicyclic) bond motifs is 1. The number of ether oxygens (including phenoxy) is 2. The number of aliphatic hydroxyl groups excluding tert-OH is 2. The van der Waals surface area contributed by atoms with Crippen molar-refractivity contribution in [3.8, 4) is 11.5 Å². The average molecular weight is 576 g/mol. The van der Waals surface area contributed by atoms with Gasteiger partial charge in [0, 0.05) is 26.7 Å². The number of imidazole rings is 1. The number of methoxy groups -OCH3 is 1. The first-order valence-electron chi connectivity index (χ1n) is 13.3. The number of hydrogen-bond acceptors (Lipinski definition) is 11. The summed E-state index contributed by atoms with van der Waals surface area (Å²) in [4.78, 5) is 33.0. The first kappa shape index (κ1) is 28.9. The predicted molar refractivity (Wildman–Crippen MR) is 155 cm³/mol. The summed E-state index contributed by atoms with van der Waals surface area (Å²) >= 11 is 0. The highest BCUT2D eigenvalue weighted by atomic mass is 16.5. The van der Waals surface area contributed by atoms with Crippen LogP contribution in [0.1, 0.15) is 17.4 Å². The number of phenols is 1. The highest BCUT2D eigenvalue weighted by Crippen LogP contribution is 2.32. The molecule has 13 nitrogen and oxygen atoms in total. The Labute approximate surface area is 242 Å². The summed E-state index contributed by atoms with van der Waals surface area (Å²) in [5, 5.41) is 33.9. The van der Waals surface area contributed by atoms with Crippen LogP contribution < -0.4 is 15.0 Å². The Kier molecular flexibility index (Phi) is 8.61. The summed E-state index contributed by atoms with van der Waals surface area (Å²) in [6.07, 6.45) is 1.61. The van der Waals surface area contributed by atoms with Gasteiger partial charge in [-0.1, -0.05) is 12.1 Å². The molecular weight excluding hydrogens is 542 g/mol. The predicted octanol–water partition coefficient (Wildman–Crippen LogP) is 1.07. The summed E-state index contributed by atoms with van der Waals surface area (Å²) in [5.74, 6) is 0.947. The quantitative estimate of drug-likeness (QED) is 0.201. The molecule has 0 aliphatic carbocycles. The maximum atomic E-state index is 13.7. The number of aliphatic hydroxyl groups is 2. The molecular formula is C29H33N7O6. The first-order valence-corrected chi connectivity index (χ1v) is 13.3. The lowest BCUT2D eigenvalue weighted by Crippen LogP contribution is -2.51. The van der Waals surface area contributed by atoms with E-state index >= 15 is 0 Å². The van der Waals surface area contributed by atoms with Crippen molar-refractivity contribution in [1.29, 1.82) is 0 Å². The zero-order valence-electron chi connectivity index (χ0n) is 23.4. The van der Waals surface area contributed by atoms with Crippen LogP contribution in [0.4, 0.5) is 5.82 Å². The fourth-order valence-corrected chi connectivity index (χ4v) is 4.85. The molecule has 4 aromatic rings. The van der Waals surface area contributed by atoms with Gasteiger partial charge in [-0.3, -0.25) is 14.4 Å². The molecule has 220 valence electrons. The number of aromatic nitrogens is 4. The van der Waals surface area contributed by atoms with Crippen LogP contribution >= 0.6 is 0 Å². The minimum atomic E-state index is -1.23. The van der Waals surface area contributed by atoms with Crippen molar-refractivity contribution in [2.45, 2.75) is 36.9 Å². The second-order valence-corrected chi connectivity index (χ2v) is 10.1. The molecule has 13 heteroatoms. The molecule has 0 radical (unpaired) electrons. The third-order valence-corrected chi connectivity index (χ3v) is 7.09. The molecule has 5 atom stereocenters. The number of hydrogen-bond donors (Lipinski definition) is 4. The minimum absolute atomic E-state index is 0.120. The summed E-state index contributed by atoms with van der Waals surface area (Å²) < 4.78 is 12.8. The number of nitrogens with one attached hydrogen (secondary N) is 1. The van der Waals surface area contributed by atoms with Gasteiger partial charge in [-0.25, -0.2) is 15.0 Å². The standard InChI is InChI=1S/C29H33N7O6/c1-35(2)26-24-27(32-15-31-26)36(16-33-24)29-25(39)23(22(14-37)42-29)34-28(40)21(12-17-6-10-20(41-3)11-7-17)30-13-18-4-8-19(38)9-5-18/h4-11,13,15-16,21-23,25,29,37-39H,12,14H2,1-3H3,(H,34,40). The third kappa shape index (κ3) is 6.03. The van der Waals surface area contributed by atoms with Gasteiger partial charge in [0.2, 0.25) is 5.91 Å². The van der Waals surface area contributed by atoms with E-state index in [9.17, 15) is 20.1 Å². The van der Waals surface area contributed by atoms with E-state index < -0.39 is 43.0 Å². The molecule has 5 rings (SSSR count). The zero-order chi connectivity index (χ0) is 29.8. The summed E-state index contributed by atoms with van der Waals surface area (Å²) in [7, 11) is 5.25. The van der Waals surface area contributed by atoms with E-state index in [1.165, 1.54) is 24.8 Å². The van der Waals surface area contributed by atoms with Crippen molar-refractivity contribution >= 4 is 29.1 Å². The second kappa shape index (κ2) is 12.5. The first-order chi connectivity index (χ1) is 20.3. The van der Waals surface area contributed by atoms with Gasteiger partial charge in [-0.05, 0) is 47.5 Å². The molecule has 0 spiro atoms. The molecule has 2 aromatic heterocycles. The van der Waals surface area contributed by atoms with Crippen molar-refractivity contribution in [2.75, 3.05) is 32.7 Å². The van der Waals surface area contributed by atoms with Gasteiger partial charge in [-0.2, -0.15) is 0 Å². The number of rotatable bonds is 10. The molecule has 1 amide bonds. The minimum Gasteiger partial charge on any atom is -0.508 e. The Hall–Kier alpha value is -4.59. The fraction of sp³-hybridized carbons (Fsp3) is 0.345. The highest BCUT2D eigenvalue weighted by Gasteiger charge is 2.46. The van der Waals surface area contributed by atoms with Crippen molar-refractivity contribution in [2.24, 2.45) is 4.99 Å². The lowest BCUT2D eigenvalue weighted by molar-refractivity contribution is -0.124. The van der Waals surface area contributed by atoms with Crippen molar-refractivity contribution < 1.29 is 29.6 Å². The molecule has 1 aliphatic rings. The van der Waals surface area contributed by atoms with Gasteiger partial charge < -0.3 is 35.0 Å². The van der Waals surface area contributed by atoms with E-state index in [2.05, 4.69) is 25.3 Å². The molecule has 42 heavy (non-hydrogen) atoms. The maximum absolute atomic E-state index is 13.7. The van der Waals surface area contributed by atoms with E-state index in [1.54, 1.807) is 47.1 Å². The molecule has 4 N–H and O–H groups in total. The van der Waals surface area contributed by atoms with Gasteiger partial charge in [0.1, 0.15) is 36.1 Å². The average Bonchev–Trinajstić information content (AvgIpc) is 3.56. The van der Waals surface area contributed by atoms with E-state index in [0.717, 1.165) is 5.56 Å². The summed E-state index contributed by atoms with van der Waals surface area (Å²) in [6.45, 7) is -0.441. The molecule has 5 unspecified atom stereocenters. The van der Waals surface area contributed by atoms with Crippen LogP contribution in [0.3, 0.4) is 0 Å². The van der Waals surface area contributed by atoms with Gasteiger partial charge in [0.15, 0.2) is 23.2 Å². The topological polar surface area (TPSA) is 167 Å². The summed E-state index contributed by atoms with van der Waals surface area (Å²) in [6, 6.07) is 11.9.